The van der Waals surface area contributed by atoms with Crippen molar-refractivity contribution in [1.82, 2.24) is 0 Å². The van der Waals surface area contributed by atoms with E-state index in [1.807, 2.05) is 0 Å². The van der Waals surface area contributed by atoms with E-state index in [1.165, 1.54) is 31.2 Å². The third-order valence-electron chi connectivity index (χ3n) is 4.92. The average Bonchev–Trinajstić information content (AvgIpc) is 2.48. The first-order valence-corrected chi connectivity index (χ1v) is 10.6. The number of rotatable bonds is 4. The van der Waals surface area contributed by atoms with E-state index in [0.29, 0.717) is 31.0 Å². The standard InChI is InChI=1S/C19H28OSe/c1-18(2,3)17(20)14-19(21-4)12-10-16(11-13-19)15-8-6-5-7-9-15/h5-9,16H,10-14H2,1-4H3. The van der Waals surface area contributed by atoms with E-state index >= 15 is 0 Å². The molecule has 1 aliphatic carbocycles. The monoisotopic (exact) mass is 352 g/mol. The molecule has 1 saturated carbocycles. The molecule has 1 aliphatic rings. The quantitative estimate of drug-likeness (QED) is 0.676. The molecule has 0 N–H and O–H groups in total. The van der Waals surface area contributed by atoms with Gasteiger partial charge in [-0.2, -0.15) is 0 Å². The van der Waals surface area contributed by atoms with E-state index in [4.69, 9.17) is 0 Å². The first-order valence-electron chi connectivity index (χ1n) is 8.00. The molecule has 1 aromatic rings. The maximum atomic E-state index is 12.5. The number of hydrogen-bond acceptors (Lipinski definition) is 1. The molecular formula is C19H28OSe. The number of Topliss-reactive ketones (excluding diaryl/α,β-unsaturated/α-hetero) is 1. The Morgan fingerprint density at radius 3 is 2.24 bits per heavy atom. The normalized spacial score (nSPS) is 26.6. The van der Waals surface area contributed by atoms with Gasteiger partial charge in [0, 0.05) is 0 Å². The minimum absolute atomic E-state index is 0.186. The van der Waals surface area contributed by atoms with Crippen LogP contribution in [0.3, 0.4) is 0 Å². The molecule has 2 rings (SSSR count). The summed E-state index contributed by atoms with van der Waals surface area (Å²) in [5, 5.41) is 0. The Morgan fingerprint density at radius 1 is 1.19 bits per heavy atom. The van der Waals surface area contributed by atoms with E-state index in [2.05, 4.69) is 56.9 Å². The predicted octanol–water partition coefficient (Wildman–Crippen LogP) is 5.26. The van der Waals surface area contributed by atoms with Crippen LogP contribution in [0.2, 0.25) is 10.1 Å². The molecule has 0 unspecified atom stereocenters. The van der Waals surface area contributed by atoms with Crippen molar-refractivity contribution in [2.75, 3.05) is 0 Å². The van der Waals surface area contributed by atoms with Crippen LogP contribution in [-0.2, 0) is 4.79 Å². The molecule has 116 valence electrons. The zero-order chi connectivity index (χ0) is 15.5. The summed E-state index contributed by atoms with van der Waals surface area (Å²) in [6.45, 7) is 6.17. The first kappa shape index (κ1) is 16.8. The summed E-state index contributed by atoms with van der Waals surface area (Å²) in [5.74, 6) is 3.47. The Bertz CT molecular complexity index is 464. The molecule has 0 amide bonds. The second kappa shape index (κ2) is 6.67. The summed E-state index contributed by atoms with van der Waals surface area (Å²) < 4.78 is 0.322. The van der Waals surface area contributed by atoms with E-state index < -0.39 is 0 Å². The zero-order valence-electron chi connectivity index (χ0n) is 13.8. The number of carbonyl (C=O) groups is 1. The molecule has 1 nitrogen and oxygen atoms in total. The van der Waals surface area contributed by atoms with Gasteiger partial charge in [-0.25, -0.2) is 0 Å². The number of benzene rings is 1. The van der Waals surface area contributed by atoms with Crippen LogP contribution in [0.1, 0.15) is 64.4 Å². The molecule has 0 radical (unpaired) electrons. The van der Waals surface area contributed by atoms with Crippen molar-refractivity contribution >= 4 is 20.7 Å². The van der Waals surface area contributed by atoms with Crippen LogP contribution in [0, 0.1) is 5.41 Å². The fraction of sp³-hybridized carbons (Fsp3) is 0.632. The summed E-state index contributed by atoms with van der Waals surface area (Å²) in [6.07, 6.45) is 5.75. The molecule has 0 saturated heterocycles. The molecule has 21 heavy (non-hydrogen) atoms. The van der Waals surface area contributed by atoms with Gasteiger partial charge in [0.25, 0.3) is 0 Å². The Hall–Kier alpha value is -0.591. The van der Waals surface area contributed by atoms with E-state index in [-0.39, 0.29) is 5.41 Å². The SMILES string of the molecule is C[Se]C1(CC(=O)C(C)(C)C)CCC(c2ccccc2)CC1. The van der Waals surface area contributed by atoms with E-state index in [9.17, 15) is 4.79 Å². The summed E-state index contributed by atoms with van der Waals surface area (Å²) in [4.78, 5) is 12.5. The molecule has 0 spiro atoms. The first-order chi connectivity index (χ1) is 9.86. The Balaban J connectivity index is 2.01. The number of carbonyl (C=O) groups excluding carboxylic acids is 1. The second-order valence-electron chi connectivity index (χ2n) is 7.42. The predicted molar refractivity (Wildman–Crippen MR) is 91.0 cm³/mol. The third kappa shape index (κ3) is 4.20. The van der Waals surface area contributed by atoms with Gasteiger partial charge in [0.05, 0.1) is 0 Å². The fourth-order valence-electron chi connectivity index (χ4n) is 3.21. The van der Waals surface area contributed by atoms with Gasteiger partial charge in [-0.3, -0.25) is 0 Å². The van der Waals surface area contributed by atoms with Crippen LogP contribution in [0.25, 0.3) is 0 Å². The summed E-state index contributed by atoms with van der Waals surface area (Å²) >= 11 is 0.551. The zero-order valence-corrected chi connectivity index (χ0v) is 15.5. The van der Waals surface area contributed by atoms with Gasteiger partial charge in [0.1, 0.15) is 0 Å². The van der Waals surface area contributed by atoms with Crippen molar-refractivity contribution in [3.8, 4) is 0 Å². The second-order valence-corrected chi connectivity index (χ2v) is 10.1. The van der Waals surface area contributed by atoms with Crippen LogP contribution >= 0.6 is 0 Å². The molecular weight excluding hydrogens is 323 g/mol. The molecule has 0 atom stereocenters. The minimum atomic E-state index is -0.186. The van der Waals surface area contributed by atoms with Crippen molar-refractivity contribution in [2.24, 2.45) is 5.41 Å². The fourth-order valence-corrected chi connectivity index (χ4v) is 5.14. The number of ketones is 1. The maximum absolute atomic E-state index is 12.5. The van der Waals surface area contributed by atoms with Gasteiger partial charge >= 0.3 is 136 Å². The molecule has 0 aliphatic heterocycles. The van der Waals surface area contributed by atoms with E-state index in [1.54, 1.807) is 0 Å². The van der Waals surface area contributed by atoms with Crippen LogP contribution in [0.15, 0.2) is 30.3 Å². The average molecular weight is 351 g/mol. The van der Waals surface area contributed by atoms with Gasteiger partial charge in [0.15, 0.2) is 0 Å². The van der Waals surface area contributed by atoms with Crippen molar-refractivity contribution in [1.29, 1.82) is 0 Å². The van der Waals surface area contributed by atoms with Gasteiger partial charge < -0.3 is 0 Å². The van der Waals surface area contributed by atoms with Crippen molar-refractivity contribution < 1.29 is 4.79 Å². The van der Waals surface area contributed by atoms with Crippen LogP contribution in [0.5, 0.6) is 0 Å². The molecule has 1 fully saturated rings. The Kier molecular flexibility index (Phi) is 5.33. The number of hydrogen-bond donors (Lipinski definition) is 0. The van der Waals surface area contributed by atoms with E-state index in [0.717, 1.165) is 6.42 Å². The Morgan fingerprint density at radius 2 is 1.76 bits per heavy atom. The summed E-state index contributed by atoms with van der Waals surface area (Å²) in [6, 6.07) is 10.9. The van der Waals surface area contributed by atoms with Crippen molar-refractivity contribution in [2.45, 2.75) is 68.9 Å². The van der Waals surface area contributed by atoms with Gasteiger partial charge in [-0.15, -0.1) is 0 Å². The van der Waals surface area contributed by atoms with Crippen molar-refractivity contribution in [3.05, 3.63) is 35.9 Å². The molecule has 0 heterocycles. The summed E-state index contributed by atoms with van der Waals surface area (Å²) in [7, 11) is 0. The van der Waals surface area contributed by atoms with Gasteiger partial charge in [-0.05, 0) is 0 Å². The molecule has 0 aromatic heterocycles. The molecule has 2 heteroatoms. The van der Waals surface area contributed by atoms with Gasteiger partial charge in [0.2, 0.25) is 0 Å². The molecule has 0 bridgehead atoms. The third-order valence-corrected chi connectivity index (χ3v) is 7.90. The topological polar surface area (TPSA) is 17.1 Å². The molecule has 1 aromatic carbocycles. The van der Waals surface area contributed by atoms with Crippen LogP contribution in [0.4, 0.5) is 0 Å². The van der Waals surface area contributed by atoms with Crippen molar-refractivity contribution in [3.63, 3.8) is 0 Å². The van der Waals surface area contributed by atoms with Gasteiger partial charge in [-0.1, -0.05) is 0 Å². The van der Waals surface area contributed by atoms with Crippen LogP contribution < -0.4 is 0 Å². The summed E-state index contributed by atoms with van der Waals surface area (Å²) in [5.41, 5.74) is 1.30. The Labute approximate surface area is 136 Å². The van der Waals surface area contributed by atoms with Crippen LogP contribution in [-0.4, -0.2) is 20.7 Å².